The lowest BCUT2D eigenvalue weighted by Crippen LogP contribution is -1.83. The Morgan fingerprint density at radius 2 is 1.06 bits per heavy atom. The van der Waals surface area contributed by atoms with Gasteiger partial charge in [-0.25, -0.2) is 4.39 Å². The average Bonchev–Trinajstić information content (AvgIpc) is 2.31. The molecule has 0 saturated heterocycles. The third-order valence-electron chi connectivity index (χ3n) is 2.95. The van der Waals surface area contributed by atoms with E-state index < -0.39 is 11.9 Å². The van der Waals surface area contributed by atoms with E-state index >= 15 is 0 Å². The molecule has 0 aromatic rings. The Hall–Kier alpha value is -0.470. The van der Waals surface area contributed by atoms with Crippen LogP contribution in [0.1, 0.15) is 77.6 Å². The molecule has 0 aromatic carbocycles. The molecule has 0 atom stereocenters. The Balaban J connectivity index is 3.11. The van der Waals surface area contributed by atoms with Gasteiger partial charge in [0.15, 0.2) is 5.83 Å². The summed E-state index contributed by atoms with van der Waals surface area (Å²) < 4.78 is 35.8. The first-order valence-electron chi connectivity index (χ1n) is 6.88. The molecular weight excluding hydrogens is 225 g/mol. The van der Waals surface area contributed by atoms with Gasteiger partial charge in [-0.15, -0.1) is 0 Å². The van der Waals surface area contributed by atoms with Crippen molar-refractivity contribution in [3.8, 4) is 0 Å². The van der Waals surface area contributed by atoms with Crippen LogP contribution in [0.5, 0.6) is 0 Å². The first kappa shape index (κ1) is 16.5. The smallest absolute Gasteiger partial charge is 0.206 e. The molecule has 0 unspecified atom stereocenters. The Labute approximate surface area is 103 Å². The zero-order valence-electron chi connectivity index (χ0n) is 10.9. The van der Waals surface area contributed by atoms with Crippen LogP contribution in [0.4, 0.5) is 13.2 Å². The molecule has 0 rings (SSSR count). The van der Waals surface area contributed by atoms with Crippen molar-refractivity contribution in [2.45, 2.75) is 77.6 Å². The molecule has 0 saturated carbocycles. The van der Waals surface area contributed by atoms with Gasteiger partial charge in [0.1, 0.15) is 0 Å². The van der Waals surface area contributed by atoms with E-state index in [1.807, 2.05) is 0 Å². The highest BCUT2D eigenvalue weighted by molar-refractivity contribution is 4.90. The number of halogens is 3. The molecule has 0 aliphatic rings. The lowest BCUT2D eigenvalue weighted by atomic mass is 10.1. The normalized spacial score (nSPS) is 10.6. The fraction of sp³-hybridized carbons (Fsp3) is 0.857. The molecular formula is C14H25F3. The first-order valence-corrected chi connectivity index (χ1v) is 6.88. The van der Waals surface area contributed by atoms with Crippen LogP contribution in [0, 0.1) is 0 Å². The molecule has 0 amide bonds. The van der Waals surface area contributed by atoms with Crippen molar-refractivity contribution in [1.82, 2.24) is 0 Å². The predicted octanol–water partition coefficient (Wildman–Crippen LogP) is 6.38. The highest BCUT2D eigenvalue weighted by atomic mass is 19.3. The molecule has 102 valence electrons. The lowest BCUT2D eigenvalue weighted by molar-refractivity contribution is 0.367. The van der Waals surface area contributed by atoms with E-state index in [2.05, 4.69) is 6.92 Å². The van der Waals surface area contributed by atoms with Crippen LogP contribution in [-0.2, 0) is 0 Å². The number of unbranched alkanes of at least 4 members (excludes halogenated alkanes) is 9. The first-order chi connectivity index (χ1) is 8.18. The van der Waals surface area contributed by atoms with Gasteiger partial charge in [0.25, 0.3) is 0 Å². The molecule has 0 fully saturated rings. The molecule has 17 heavy (non-hydrogen) atoms. The summed E-state index contributed by atoms with van der Waals surface area (Å²) in [6, 6.07) is 0. The highest BCUT2D eigenvalue weighted by Crippen LogP contribution is 2.18. The monoisotopic (exact) mass is 250 g/mol. The summed E-state index contributed by atoms with van der Waals surface area (Å²) in [5.41, 5.74) is 0. The van der Waals surface area contributed by atoms with Crippen molar-refractivity contribution in [2.75, 3.05) is 0 Å². The zero-order chi connectivity index (χ0) is 12.9. The van der Waals surface area contributed by atoms with Crippen molar-refractivity contribution < 1.29 is 13.2 Å². The average molecular weight is 250 g/mol. The van der Waals surface area contributed by atoms with E-state index in [0.29, 0.717) is 6.42 Å². The molecule has 0 bridgehead atoms. The van der Waals surface area contributed by atoms with Crippen LogP contribution >= 0.6 is 0 Å². The molecule has 0 nitrogen and oxygen atoms in total. The second kappa shape index (κ2) is 12.0. The minimum Gasteiger partial charge on any atom is -0.206 e. The predicted molar refractivity (Wildman–Crippen MR) is 66.8 cm³/mol. The number of allylic oxidation sites excluding steroid dienone is 1. The molecule has 0 aliphatic heterocycles. The maximum absolute atomic E-state index is 12.4. The summed E-state index contributed by atoms with van der Waals surface area (Å²) in [5, 5.41) is 0. The van der Waals surface area contributed by atoms with Gasteiger partial charge in [-0.2, -0.15) is 8.78 Å². The van der Waals surface area contributed by atoms with Gasteiger partial charge in [-0.3, -0.25) is 0 Å². The van der Waals surface area contributed by atoms with E-state index in [4.69, 9.17) is 0 Å². The Kier molecular flexibility index (Phi) is 11.7. The number of rotatable bonds is 11. The van der Waals surface area contributed by atoms with E-state index in [9.17, 15) is 13.2 Å². The maximum atomic E-state index is 12.4. The highest BCUT2D eigenvalue weighted by Gasteiger charge is 2.03. The summed E-state index contributed by atoms with van der Waals surface area (Å²) >= 11 is 0. The van der Waals surface area contributed by atoms with Crippen molar-refractivity contribution in [2.24, 2.45) is 0 Å². The zero-order valence-corrected chi connectivity index (χ0v) is 10.9. The largest absolute Gasteiger partial charge is 0.301 e. The summed E-state index contributed by atoms with van der Waals surface area (Å²) in [6.45, 7) is 2.20. The van der Waals surface area contributed by atoms with Crippen LogP contribution in [0.15, 0.2) is 11.9 Å². The van der Waals surface area contributed by atoms with Crippen LogP contribution in [0.2, 0.25) is 0 Å². The second-order valence-corrected chi connectivity index (χ2v) is 4.60. The Morgan fingerprint density at radius 1 is 0.647 bits per heavy atom. The summed E-state index contributed by atoms with van der Waals surface area (Å²) in [5.74, 6) is -1.23. The van der Waals surface area contributed by atoms with Crippen molar-refractivity contribution in [1.29, 1.82) is 0 Å². The quantitative estimate of drug-likeness (QED) is 0.373. The molecule has 0 heterocycles. The third kappa shape index (κ3) is 11.8. The van der Waals surface area contributed by atoms with Gasteiger partial charge in [0.05, 0.1) is 0 Å². The van der Waals surface area contributed by atoms with Gasteiger partial charge in [-0.05, 0) is 6.42 Å². The molecule has 0 N–H and O–H groups in total. The summed E-state index contributed by atoms with van der Waals surface area (Å²) in [4.78, 5) is 0. The number of hydrogen-bond acceptors (Lipinski definition) is 0. The van der Waals surface area contributed by atoms with Crippen molar-refractivity contribution in [3.63, 3.8) is 0 Å². The van der Waals surface area contributed by atoms with E-state index in [0.717, 1.165) is 19.3 Å². The van der Waals surface area contributed by atoms with Gasteiger partial charge >= 0.3 is 6.08 Å². The van der Waals surface area contributed by atoms with Crippen LogP contribution in [-0.4, -0.2) is 0 Å². The standard InChI is InChI=1S/C14H25F3/c1-2-3-4-5-6-7-8-9-10-11-12-13(15)14(16)17/h2-12H2,1H3. The molecule has 0 aliphatic carbocycles. The Bertz CT molecular complexity index is 196. The van der Waals surface area contributed by atoms with Crippen LogP contribution < -0.4 is 0 Å². The Morgan fingerprint density at radius 3 is 1.47 bits per heavy atom. The third-order valence-corrected chi connectivity index (χ3v) is 2.95. The molecule has 3 heteroatoms. The maximum Gasteiger partial charge on any atom is 0.301 e. The van der Waals surface area contributed by atoms with E-state index in [-0.39, 0.29) is 6.42 Å². The summed E-state index contributed by atoms with van der Waals surface area (Å²) in [6.07, 6.45) is 9.04. The van der Waals surface area contributed by atoms with Crippen LogP contribution in [0.25, 0.3) is 0 Å². The van der Waals surface area contributed by atoms with E-state index in [1.54, 1.807) is 0 Å². The van der Waals surface area contributed by atoms with Gasteiger partial charge in [0, 0.05) is 6.42 Å². The fourth-order valence-corrected chi connectivity index (χ4v) is 1.86. The SMILES string of the molecule is CCCCCCCCCCCCC(F)=C(F)F. The van der Waals surface area contributed by atoms with Crippen molar-refractivity contribution in [3.05, 3.63) is 11.9 Å². The van der Waals surface area contributed by atoms with E-state index in [1.165, 1.54) is 38.5 Å². The minimum atomic E-state index is -2.15. The second-order valence-electron chi connectivity index (χ2n) is 4.60. The molecule has 0 aromatic heterocycles. The minimum absolute atomic E-state index is 0.0984. The van der Waals surface area contributed by atoms with Crippen LogP contribution in [0.3, 0.4) is 0 Å². The molecule has 0 spiro atoms. The fourth-order valence-electron chi connectivity index (χ4n) is 1.86. The van der Waals surface area contributed by atoms with Gasteiger partial charge < -0.3 is 0 Å². The topological polar surface area (TPSA) is 0 Å². The molecule has 0 radical (unpaired) electrons. The lowest BCUT2D eigenvalue weighted by Gasteiger charge is -2.01. The number of hydrogen-bond donors (Lipinski definition) is 0. The van der Waals surface area contributed by atoms with Crippen molar-refractivity contribution >= 4 is 0 Å². The van der Waals surface area contributed by atoms with Gasteiger partial charge in [0.2, 0.25) is 0 Å². The van der Waals surface area contributed by atoms with Gasteiger partial charge in [-0.1, -0.05) is 64.7 Å². The summed E-state index contributed by atoms with van der Waals surface area (Å²) in [7, 11) is 0.